The van der Waals surface area contributed by atoms with Crippen LogP contribution in [0.4, 0.5) is 13.2 Å². The predicted molar refractivity (Wildman–Crippen MR) is 145 cm³/mol. The van der Waals surface area contributed by atoms with Crippen LogP contribution < -0.4 is 0 Å². The molecule has 1 N–H and O–H groups in total. The molecule has 1 saturated carbocycles. The van der Waals surface area contributed by atoms with Gasteiger partial charge in [-0.2, -0.15) is 18.3 Å². The summed E-state index contributed by atoms with van der Waals surface area (Å²) in [6, 6.07) is 14.2. The molecule has 0 bridgehead atoms. The van der Waals surface area contributed by atoms with Crippen molar-refractivity contribution < 1.29 is 27.9 Å². The quantitative estimate of drug-likeness (QED) is 0.314. The van der Waals surface area contributed by atoms with Crippen LogP contribution in [-0.2, 0) is 23.9 Å². The van der Waals surface area contributed by atoms with E-state index in [0.717, 1.165) is 34.0 Å². The minimum absolute atomic E-state index is 0.108. The third kappa shape index (κ3) is 5.94. The summed E-state index contributed by atoms with van der Waals surface area (Å²) in [7, 11) is 0. The van der Waals surface area contributed by atoms with Gasteiger partial charge in [0.2, 0.25) is 0 Å². The second-order valence-electron chi connectivity index (χ2n) is 10.4. The SMILES string of the molecule is O=C(O)C1CCC(n2ncc(C(=O)N(CCC3=CCc4ccccc43)Cc3ccc(Cl)cc3)c2C(F)(F)F)CC1. The van der Waals surface area contributed by atoms with E-state index in [1.54, 1.807) is 24.3 Å². The topological polar surface area (TPSA) is 75.4 Å². The summed E-state index contributed by atoms with van der Waals surface area (Å²) in [5, 5.41) is 13.8. The van der Waals surface area contributed by atoms with Crippen LogP contribution in [0.3, 0.4) is 0 Å². The number of aliphatic carboxylic acids is 1. The van der Waals surface area contributed by atoms with E-state index in [1.807, 2.05) is 24.3 Å². The summed E-state index contributed by atoms with van der Waals surface area (Å²) < 4.78 is 44.2. The number of hydrogen-bond donors (Lipinski definition) is 1. The number of amides is 1. The van der Waals surface area contributed by atoms with Crippen LogP contribution in [0.15, 0.2) is 60.8 Å². The molecule has 2 aliphatic carbocycles. The molecule has 1 amide bonds. The Kier molecular flexibility index (Phi) is 8.03. The molecule has 0 atom stereocenters. The average molecular weight is 572 g/mol. The summed E-state index contributed by atoms with van der Waals surface area (Å²) in [6.45, 7) is 0.324. The van der Waals surface area contributed by atoms with Crippen LogP contribution in [0.2, 0.25) is 5.02 Å². The van der Waals surface area contributed by atoms with Crippen LogP contribution in [-0.4, -0.2) is 38.2 Å². The van der Waals surface area contributed by atoms with E-state index in [4.69, 9.17) is 11.6 Å². The Hall–Kier alpha value is -3.59. The molecule has 3 aromatic rings. The Morgan fingerprint density at radius 2 is 1.75 bits per heavy atom. The van der Waals surface area contributed by atoms with Crippen molar-refractivity contribution in [2.75, 3.05) is 6.54 Å². The number of alkyl halides is 3. The predicted octanol–water partition coefficient (Wildman–Crippen LogP) is 7.04. The molecule has 2 aromatic carbocycles. The van der Waals surface area contributed by atoms with Crippen molar-refractivity contribution in [1.29, 1.82) is 0 Å². The number of carboxylic acid groups (broad SMARTS) is 1. The molecular formula is C30H29ClF3N3O3. The Labute approximate surface area is 235 Å². The standard InChI is InChI=1S/C30H29ClF3N3O3/c31-23-11-5-19(6-12-23)18-36(16-15-21-8-7-20-3-1-2-4-25(20)21)28(38)26-17-35-37(27(26)30(32,33)34)24-13-9-22(10-14-24)29(39)40/h1-6,8,11-12,17,22,24H,7,9-10,13-16,18H2,(H,39,40). The lowest BCUT2D eigenvalue weighted by Gasteiger charge is -2.28. The number of benzene rings is 2. The largest absolute Gasteiger partial charge is 0.481 e. The second kappa shape index (κ2) is 11.5. The zero-order valence-corrected chi connectivity index (χ0v) is 22.5. The van der Waals surface area contributed by atoms with Crippen molar-refractivity contribution in [1.82, 2.24) is 14.7 Å². The van der Waals surface area contributed by atoms with Crippen LogP contribution >= 0.6 is 11.6 Å². The number of carboxylic acids is 1. The number of allylic oxidation sites excluding steroid dienone is 1. The highest BCUT2D eigenvalue weighted by Gasteiger charge is 2.43. The summed E-state index contributed by atoms with van der Waals surface area (Å²) in [5.41, 5.74) is 2.51. The zero-order chi connectivity index (χ0) is 28.4. The Morgan fingerprint density at radius 1 is 1.05 bits per heavy atom. The van der Waals surface area contributed by atoms with Gasteiger partial charge in [-0.1, -0.05) is 54.1 Å². The molecule has 0 unspecified atom stereocenters. The van der Waals surface area contributed by atoms with Crippen molar-refractivity contribution >= 4 is 29.1 Å². The molecule has 5 rings (SSSR count). The summed E-state index contributed by atoms with van der Waals surface area (Å²) in [6.07, 6.45) is 0.588. The minimum Gasteiger partial charge on any atom is -0.481 e. The van der Waals surface area contributed by atoms with E-state index in [0.29, 0.717) is 11.4 Å². The highest BCUT2D eigenvalue weighted by Crippen LogP contribution is 2.39. The fourth-order valence-corrected chi connectivity index (χ4v) is 5.85. The Bertz CT molecular complexity index is 1420. The molecule has 10 heteroatoms. The molecule has 6 nitrogen and oxygen atoms in total. The van der Waals surface area contributed by atoms with Gasteiger partial charge in [0.25, 0.3) is 5.91 Å². The van der Waals surface area contributed by atoms with Gasteiger partial charge < -0.3 is 10.0 Å². The first-order valence-corrected chi connectivity index (χ1v) is 13.7. The molecule has 210 valence electrons. The first kappa shape index (κ1) is 28.0. The molecule has 0 aliphatic heterocycles. The molecule has 40 heavy (non-hydrogen) atoms. The maximum absolute atomic E-state index is 14.4. The number of aromatic nitrogens is 2. The van der Waals surface area contributed by atoms with Crippen molar-refractivity contribution in [2.24, 2.45) is 5.92 Å². The van der Waals surface area contributed by atoms with Gasteiger partial charge in [-0.05, 0) is 72.9 Å². The highest BCUT2D eigenvalue weighted by molar-refractivity contribution is 6.30. The van der Waals surface area contributed by atoms with Gasteiger partial charge in [-0.15, -0.1) is 0 Å². The first-order chi connectivity index (χ1) is 19.1. The van der Waals surface area contributed by atoms with Crippen molar-refractivity contribution in [3.63, 3.8) is 0 Å². The summed E-state index contributed by atoms with van der Waals surface area (Å²) in [4.78, 5) is 26.6. The number of halogens is 4. The third-order valence-corrected chi connectivity index (χ3v) is 8.09. The lowest BCUT2D eigenvalue weighted by atomic mass is 9.86. The Balaban J connectivity index is 1.43. The molecule has 1 aromatic heterocycles. The number of carbonyl (C=O) groups excluding carboxylic acids is 1. The molecule has 0 spiro atoms. The maximum atomic E-state index is 14.4. The lowest BCUT2D eigenvalue weighted by molar-refractivity contribution is -0.147. The first-order valence-electron chi connectivity index (χ1n) is 13.3. The Morgan fingerprint density at radius 3 is 2.42 bits per heavy atom. The summed E-state index contributed by atoms with van der Waals surface area (Å²) in [5.74, 6) is -2.27. The van der Waals surface area contributed by atoms with Gasteiger partial charge in [0.1, 0.15) is 0 Å². The van der Waals surface area contributed by atoms with E-state index in [1.165, 1.54) is 10.5 Å². The van der Waals surface area contributed by atoms with E-state index in [9.17, 15) is 27.9 Å². The van der Waals surface area contributed by atoms with Gasteiger partial charge in [0.15, 0.2) is 5.69 Å². The lowest BCUT2D eigenvalue weighted by Crippen LogP contribution is -2.34. The number of rotatable bonds is 8. The van der Waals surface area contributed by atoms with Gasteiger partial charge >= 0.3 is 12.1 Å². The average Bonchev–Trinajstić information content (AvgIpc) is 3.57. The number of fused-ring (bicyclic) bond motifs is 1. The number of nitrogens with zero attached hydrogens (tertiary/aromatic N) is 3. The normalized spacial score (nSPS) is 18.8. The van der Waals surface area contributed by atoms with Gasteiger partial charge in [0, 0.05) is 18.1 Å². The van der Waals surface area contributed by atoms with Gasteiger partial charge in [0.05, 0.1) is 23.7 Å². The third-order valence-electron chi connectivity index (χ3n) is 7.84. The molecule has 2 aliphatic rings. The van der Waals surface area contributed by atoms with Crippen LogP contribution in [0.5, 0.6) is 0 Å². The van der Waals surface area contributed by atoms with Crippen LogP contribution in [0.25, 0.3) is 5.57 Å². The van der Waals surface area contributed by atoms with Gasteiger partial charge in [-0.25, -0.2) is 0 Å². The van der Waals surface area contributed by atoms with Crippen LogP contribution in [0.1, 0.15) is 70.9 Å². The molecule has 0 radical (unpaired) electrons. The van der Waals surface area contributed by atoms with Crippen molar-refractivity contribution in [3.05, 3.63) is 93.8 Å². The molecule has 0 saturated heterocycles. The fourth-order valence-electron chi connectivity index (χ4n) is 5.73. The molecule has 1 fully saturated rings. The van der Waals surface area contributed by atoms with E-state index >= 15 is 0 Å². The monoisotopic (exact) mass is 571 g/mol. The number of carbonyl (C=O) groups is 2. The smallest absolute Gasteiger partial charge is 0.433 e. The fraction of sp³-hybridized carbons (Fsp3) is 0.367. The van der Waals surface area contributed by atoms with Gasteiger partial charge in [-0.3, -0.25) is 14.3 Å². The van der Waals surface area contributed by atoms with E-state index in [2.05, 4.69) is 11.2 Å². The van der Waals surface area contributed by atoms with Crippen molar-refractivity contribution in [2.45, 2.75) is 57.3 Å². The highest BCUT2D eigenvalue weighted by atomic mass is 35.5. The van der Waals surface area contributed by atoms with E-state index < -0.39 is 41.3 Å². The number of hydrogen-bond acceptors (Lipinski definition) is 3. The van der Waals surface area contributed by atoms with E-state index in [-0.39, 0.29) is 38.8 Å². The molecular weight excluding hydrogens is 543 g/mol. The summed E-state index contributed by atoms with van der Waals surface area (Å²) >= 11 is 6.02. The molecule has 1 heterocycles. The van der Waals surface area contributed by atoms with Crippen LogP contribution in [0, 0.1) is 5.92 Å². The second-order valence-corrected chi connectivity index (χ2v) is 10.8. The van der Waals surface area contributed by atoms with Crippen molar-refractivity contribution in [3.8, 4) is 0 Å². The zero-order valence-electron chi connectivity index (χ0n) is 21.7. The maximum Gasteiger partial charge on any atom is 0.433 e. The minimum atomic E-state index is -4.82.